The van der Waals surface area contributed by atoms with Gasteiger partial charge in [-0.15, -0.1) is 0 Å². The van der Waals surface area contributed by atoms with Crippen LogP contribution in [0.5, 0.6) is 0 Å². The number of nitrogens with one attached hydrogen (secondary N) is 1. The molecule has 0 aliphatic rings. The lowest BCUT2D eigenvalue weighted by molar-refractivity contribution is -0.121. The molecule has 4 heteroatoms. The van der Waals surface area contributed by atoms with Gasteiger partial charge in [0.1, 0.15) is 5.78 Å². The van der Waals surface area contributed by atoms with E-state index in [-0.39, 0.29) is 23.7 Å². The number of aromatic amines is 1. The first kappa shape index (κ1) is 16.5. The van der Waals surface area contributed by atoms with Crippen LogP contribution in [0.25, 0.3) is 10.8 Å². The topological polar surface area (TPSA) is 49.9 Å². The van der Waals surface area contributed by atoms with Crippen molar-refractivity contribution in [2.24, 2.45) is 5.92 Å². The molecule has 0 amide bonds. The first-order valence-electron chi connectivity index (χ1n) is 7.91. The maximum absolute atomic E-state index is 12.5. The quantitative estimate of drug-likeness (QED) is 0.758. The molecule has 1 aromatic heterocycles. The van der Waals surface area contributed by atoms with Gasteiger partial charge in [-0.3, -0.25) is 9.59 Å². The largest absolute Gasteiger partial charge is 0.329 e. The minimum Gasteiger partial charge on any atom is -0.329 e. The van der Waals surface area contributed by atoms with Crippen LogP contribution in [-0.4, -0.2) is 10.8 Å². The summed E-state index contributed by atoms with van der Waals surface area (Å²) in [4.78, 5) is 27.0. The van der Waals surface area contributed by atoms with Gasteiger partial charge in [-0.05, 0) is 41.1 Å². The van der Waals surface area contributed by atoms with Gasteiger partial charge >= 0.3 is 0 Å². The Morgan fingerprint density at radius 1 is 1.17 bits per heavy atom. The van der Waals surface area contributed by atoms with E-state index in [4.69, 9.17) is 11.6 Å². The van der Waals surface area contributed by atoms with E-state index >= 15 is 0 Å². The number of carbonyl (C=O) groups excluding carboxylic acids is 1. The fourth-order valence-electron chi connectivity index (χ4n) is 2.84. The number of ketones is 1. The SMILES string of the molecule is CC(Cc1ccccc1)C(=O)Cc1cc2cc[nH]c(=O)c2cc1Cl. The van der Waals surface area contributed by atoms with Gasteiger partial charge in [0, 0.05) is 28.9 Å². The fourth-order valence-corrected chi connectivity index (χ4v) is 3.07. The molecule has 0 saturated carbocycles. The number of aromatic nitrogens is 1. The van der Waals surface area contributed by atoms with Crippen molar-refractivity contribution in [3.63, 3.8) is 0 Å². The van der Waals surface area contributed by atoms with Crippen LogP contribution in [0.3, 0.4) is 0 Å². The summed E-state index contributed by atoms with van der Waals surface area (Å²) in [5.74, 6) is 0.0586. The number of pyridine rings is 1. The molecule has 3 rings (SSSR count). The smallest absolute Gasteiger partial charge is 0.255 e. The maximum atomic E-state index is 12.5. The second-order valence-corrected chi connectivity index (χ2v) is 6.48. The molecule has 0 spiro atoms. The van der Waals surface area contributed by atoms with Crippen LogP contribution in [-0.2, 0) is 17.6 Å². The van der Waals surface area contributed by atoms with E-state index < -0.39 is 0 Å². The second kappa shape index (κ2) is 7.02. The zero-order valence-corrected chi connectivity index (χ0v) is 14.1. The third-order valence-electron chi connectivity index (χ3n) is 4.24. The van der Waals surface area contributed by atoms with Crippen LogP contribution in [0, 0.1) is 5.92 Å². The summed E-state index contributed by atoms with van der Waals surface area (Å²) >= 11 is 6.28. The van der Waals surface area contributed by atoms with Crippen molar-refractivity contribution in [2.75, 3.05) is 0 Å². The molecule has 3 nitrogen and oxygen atoms in total. The lowest BCUT2D eigenvalue weighted by Crippen LogP contribution is -2.16. The third-order valence-corrected chi connectivity index (χ3v) is 4.59. The van der Waals surface area contributed by atoms with Crippen molar-refractivity contribution in [1.82, 2.24) is 4.98 Å². The Labute approximate surface area is 145 Å². The lowest BCUT2D eigenvalue weighted by Gasteiger charge is -2.12. The van der Waals surface area contributed by atoms with Gasteiger partial charge in [-0.2, -0.15) is 0 Å². The van der Waals surface area contributed by atoms with E-state index in [2.05, 4.69) is 4.98 Å². The molecule has 0 radical (unpaired) electrons. The van der Waals surface area contributed by atoms with Crippen LogP contribution in [0.1, 0.15) is 18.1 Å². The summed E-state index contributed by atoms with van der Waals surface area (Å²) in [5, 5.41) is 1.79. The molecule has 1 unspecified atom stereocenters. The Morgan fingerprint density at radius 2 is 1.92 bits per heavy atom. The number of carbonyl (C=O) groups is 1. The van der Waals surface area contributed by atoms with E-state index in [1.54, 1.807) is 12.3 Å². The van der Waals surface area contributed by atoms with Crippen LogP contribution < -0.4 is 5.56 Å². The summed E-state index contributed by atoms with van der Waals surface area (Å²) in [6.45, 7) is 1.94. The van der Waals surface area contributed by atoms with Gasteiger partial charge in [0.15, 0.2) is 0 Å². The molecular formula is C20H18ClNO2. The lowest BCUT2D eigenvalue weighted by atomic mass is 9.92. The average molecular weight is 340 g/mol. The first-order chi connectivity index (χ1) is 11.5. The van der Waals surface area contributed by atoms with Crippen molar-refractivity contribution in [3.8, 4) is 0 Å². The number of hydrogen-bond acceptors (Lipinski definition) is 2. The van der Waals surface area contributed by atoms with Gasteiger partial charge < -0.3 is 4.98 Å². The molecule has 0 aliphatic heterocycles. The van der Waals surface area contributed by atoms with E-state index in [1.165, 1.54) is 0 Å². The molecule has 0 saturated heterocycles. The summed E-state index contributed by atoms with van der Waals surface area (Å²) in [7, 11) is 0. The Kier molecular flexibility index (Phi) is 4.81. The summed E-state index contributed by atoms with van der Waals surface area (Å²) in [6.07, 6.45) is 2.59. The Hall–Kier alpha value is -2.39. The highest BCUT2D eigenvalue weighted by Crippen LogP contribution is 2.24. The number of Topliss-reactive ketones (excluding diaryl/α,β-unsaturated/α-hetero) is 1. The number of halogens is 1. The van der Waals surface area contributed by atoms with Crippen molar-refractivity contribution < 1.29 is 4.79 Å². The predicted octanol–water partition coefficient (Wildman–Crippen LogP) is 4.17. The molecule has 2 aromatic carbocycles. The van der Waals surface area contributed by atoms with Crippen molar-refractivity contribution in [2.45, 2.75) is 19.8 Å². The van der Waals surface area contributed by atoms with Crippen molar-refractivity contribution in [1.29, 1.82) is 0 Å². The van der Waals surface area contributed by atoms with E-state index in [0.29, 0.717) is 16.8 Å². The monoisotopic (exact) mass is 339 g/mol. The van der Waals surface area contributed by atoms with E-state index in [0.717, 1.165) is 16.5 Å². The second-order valence-electron chi connectivity index (χ2n) is 6.07. The van der Waals surface area contributed by atoms with Crippen LogP contribution in [0.4, 0.5) is 0 Å². The molecule has 1 atom stereocenters. The molecule has 1 heterocycles. The molecule has 1 N–H and O–H groups in total. The minimum atomic E-state index is -0.176. The van der Waals surface area contributed by atoms with Gasteiger partial charge in [0.25, 0.3) is 5.56 Å². The molecular weight excluding hydrogens is 322 g/mol. The van der Waals surface area contributed by atoms with Gasteiger partial charge in [0.05, 0.1) is 0 Å². The molecule has 0 aliphatic carbocycles. The normalized spacial score (nSPS) is 12.2. The zero-order chi connectivity index (χ0) is 17.1. The highest BCUT2D eigenvalue weighted by molar-refractivity contribution is 6.32. The number of rotatable bonds is 5. The van der Waals surface area contributed by atoms with Gasteiger partial charge in [-0.25, -0.2) is 0 Å². The van der Waals surface area contributed by atoms with Crippen LogP contribution >= 0.6 is 11.6 Å². The summed E-state index contributed by atoms with van der Waals surface area (Å²) in [6, 6.07) is 15.3. The van der Waals surface area contributed by atoms with E-state index in [9.17, 15) is 9.59 Å². The van der Waals surface area contributed by atoms with Crippen molar-refractivity contribution in [3.05, 3.63) is 81.2 Å². The number of hydrogen-bond donors (Lipinski definition) is 1. The van der Waals surface area contributed by atoms with Gasteiger partial charge in [-0.1, -0.05) is 48.9 Å². The molecule has 24 heavy (non-hydrogen) atoms. The highest BCUT2D eigenvalue weighted by atomic mass is 35.5. The van der Waals surface area contributed by atoms with Crippen molar-refractivity contribution >= 4 is 28.2 Å². The van der Waals surface area contributed by atoms with Crippen LogP contribution in [0.2, 0.25) is 5.02 Å². The standard InChI is InChI=1S/C20H18ClNO2/c1-13(9-14-5-3-2-4-6-14)19(23)11-16-10-15-7-8-22-20(24)17(15)12-18(16)21/h2-8,10,12-13H,9,11H2,1H3,(H,22,24). The first-order valence-corrected chi connectivity index (χ1v) is 8.29. The maximum Gasteiger partial charge on any atom is 0.255 e. The minimum absolute atomic E-state index is 0.0849. The zero-order valence-electron chi connectivity index (χ0n) is 13.4. The van der Waals surface area contributed by atoms with E-state index in [1.807, 2.05) is 49.4 Å². The van der Waals surface area contributed by atoms with Crippen LogP contribution in [0.15, 0.2) is 59.5 Å². The highest BCUT2D eigenvalue weighted by Gasteiger charge is 2.16. The third kappa shape index (κ3) is 3.57. The molecule has 0 bridgehead atoms. The van der Waals surface area contributed by atoms with Gasteiger partial charge in [0.2, 0.25) is 0 Å². The predicted molar refractivity (Wildman–Crippen MR) is 97.6 cm³/mol. The number of H-pyrrole nitrogens is 1. The fraction of sp³-hybridized carbons (Fsp3) is 0.200. The Bertz CT molecular complexity index is 931. The summed E-state index contributed by atoms with van der Waals surface area (Å²) in [5.41, 5.74) is 1.74. The number of fused-ring (bicyclic) bond motifs is 1. The summed E-state index contributed by atoms with van der Waals surface area (Å²) < 4.78 is 0. The number of benzene rings is 2. The molecule has 3 aromatic rings. The average Bonchev–Trinajstić information content (AvgIpc) is 2.57. The molecule has 0 fully saturated rings. The Morgan fingerprint density at radius 3 is 2.67 bits per heavy atom. The molecule has 122 valence electrons. The Balaban J connectivity index is 1.80.